The van der Waals surface area contributed by atoms with Gasteiger partial charge >= 0.3 is 0 Å². The standard InChI is InChI=1S/C8H9N5O/c9-7-5(2-12-8(10)13-7)1-6-3-11-4-14-6/h2-4H,1H2,(H4,9,10,12,13). The van der Waals surface area contributed by atoms with Crippen LogP contribution in [0.2, 0.25) is 0 Å². The topological polar surface area (TPSA) is 104 Å². The van der Waals surface area contributed by atoms with Gasteiger partial charge in [-0.25, -0.2) is 9.97 Å². The normalized spacial score (nSPS) is 10.3. The van der Waals surface area contributed by atoms with Gasteiger partial charge in [-0.15, -0.1) is 0 Å². The molecule has 6 nitrogen and oxygen atoms in total. The number of rotatable bonds is 2. The molecule has 2 heterocycles. The molecule has 6 heteroatoms. The zero-order valence-electron chi connectivity index (χ0n) is 7.34. The number of nitrogen functional groups attached to an aromatic ring is 2. The van der Waals surface area contributed by atoms with Gasteiger partial charge in [-0.3, -0.25) is 0 Å². The summed E-state index contributed by atoms with van der Waals surface area (Å²) in [5.74, 6) is 1.25. The molecule has 0 aliphatic heterocycles. The lowest BCUT2D eigenvalue weighted by Crippen LogP contribution is -2.03. The van der Waals surface area contributed by atoms with Crippen LogP contribution < -0.4 is 11.5 Å². The molecule has 0 atom stereocenters. The minimum absolute atomic E-state index is 0.170. The molecule has 0 amide bonds. The molecule has 4 N–H and O–H groups in total. The van der Waals surface area contributed by atoms with Crippen molar-refractivity contribution in [1.82, 2.24) is 15.0 Å². The maximum absolute atomic E-state index is 5.64. The van der Waals surface area contributed by atoms with Gasteiger partial charge in [0.05, 0.1) is 6.20 Å². The smallest absolute Gasteiger partial charge is 0.221 e. The molecular weight excluding hydrogens is 182 g/mol. The van der Waals surface area contributed by atoms with Crippen molar-refractivity contribution in [2.45, 2.75) is 6.42 Å². The van der Waals surface area contributed by atoms with E-state index >= 15 is 0 Å². The van der Waals surface area contributed by atoms with Crippen molar-refractivity contribution in [3.05, 3.63) is 30.1 Å². The van der Waals surface area contributed by atoms with Crippen molar-refractivity contribution in [1.29, 1.82) is 0 Å². The van der Waals surface area contributed by atoms with E-state index in [4.69, 9.17) is 15.9 Å². The average Bonchev–Trinajstić information content (AvgIpc) is 2.62. The van der Waals surface area contributed by atoms with Crippen molar-refractivity contribution in [3.63, 3.8) is 0 Å². The van der Waals surface area contributed by atoms with Crippen LogP contribution in [0, 0.1) is 0 Å². The highest BCUT2D eigenvalue weighted by Crippen LogP contribution is 2.13. The second-order valence-electron chi connectivity index (χ2n) is 2.78. The summed E-state index contributed by atoms with van der Waals surface area (Å²) in [5.41, 5.74) is 11.8. The molecule has 0 radical (unpaired) electrons. The largest absolute Gasteiger partial charge is 0.448 e. The molecule has 72 valence electrons. The van der Waals surface area contributed by atoms with Crippen LogP contribution in [0.1, 0.15) is 11.3 Å². The molecule has 14 heavy (non-hydrogen) atoms. The predicted molar refractivity (Wildman–Crippen MR) is 50.2 cm³/mol. The van der Waals surface area contributed by atoms with Crippen molar-refractivity contribution in [2.24, 2.45) is 0 Å². The van der Waals surface area contributed by atoms with E-state index in [1.807, 2.05) is 0 Å². The minimum Gasteiger partial charge on any atom is -0.448 e. The lowest BCUT2D eigenvalue weighted by molar-refractivity contribution is 0.514. The van der Waals surface area contributed by atoms with E-state index in [9.17, 15) is 0 Å². The van der Waals surface area contributed by atoms with Crippen LogP contribution in [-0.4, -0.2) is 15.0 Å². The number of oxazole rings is 1. The van der Waals surface area contributed by atoms with Crippen molar-refractivity contribution >= 4 is 11.8 Å². The van der Waals surface area contributed by atoms with E-state index < -0.39 is 0 Å². The highest BCUT2D eigenvalue weighted by Gasteiger charge is 2.05. The monoisotopic (exact) mass is 191 g/mol. The summed E-state index contributed by atoms with van der Waals surface area (Å²) in [4.78, 5) is 11.5. The molecule has 0 bridgehead atoms. The van der Waals surface area contributed by atoms with E-state index in [1.54, 1.807) is 12.4 Å². The summed E-state index contributed by atoms with van der Waals surface area (Å²) < 4.78 is 5.07. The second-order valence-corrected chi connectivity index (χ2v) is 2.78. The van der Waals surface area contributed by atoms with Crippen LogP contribution in [0.25, 0.3) is 0 Å². The zero-order valence-corrected chi connectivity index (χ0v) is 7.34. The van der Waals surface area contributed by atoms with Gasteiger partial charge in [-0.2, -0.15) is 4.98 Å². The van der Waals surface area contributed by atoms with Gasteiger partial charge in [0.2, 0.25) is 5.95 Å². The molecule has 0 aromatic carbocycles. The first kappa shape index (κ1) is 8.49. The molecule has 0 saturated carbocycles. The minimum atomic E-state index is 0.170. The Hall–Kier alpha value is -2.11. The summed E-state index contributed by atoms with van der Waals surface area (Å²) in [7, 11) is 0. The van der Waals surface area contributed by atoms with E-state index in [2.05, 4.69) is 15.0 Å². The maximum Gasteiger partial charge on any atom is 0.221 e. The molecule has 0 spiro atoms. The van der Waals surface area contributed by atoms with Crippen LogP contribution in [0.3, 0.4) is 0 Å². The lowest BCUT2D eigenvalue weighted by atomic mass is 10.2. The van der Waals surface area contributed by atoms with Gasteiger partial charge in [-0.05, 0) is 0 Å². The summed E-state index contributed by atoms with van der Waals surface area (Å²) in [5, 5.41) is 0. The Bertz CT molecular complexity index is 425. The summed E-state index contributed by atoms with van der Waals surface area (Å²) in [6.07, 6.45) is 5.09. The Balaban J connectivity index is 2.25. The van der Waals surface area contributed by atoms with Gasteiger partial charge in [0.1, 0.15) is 11.6 Å². The number of nitrogens with zero attached hydrogens (tertiary/aromatic N) is 3. The summed E-state index contributed by atoms with van der Waals surface area (Å²) in [6.45, 7) is 0. The number of nitrogens with two attached hydrogens (primary N) is 2. The fourth-order valence-electron chi connectivity index (χ4n) is 1.09. The van der Waals surface area contributed by atoms with Gasteiger partial charge in [0, 0.05) is 18.2 Å². The first-order valence-corrected chi connectivity index (χ1v) is 4.00. The molecule has 2 rings (SSSR count). The number of hydrogen-bond donors (Lipinski definition) is 2. The highest BCUT2D eigenvalue weighted by atomic mass is 16.3. The Morgan fingerprint density at radius 3 is 2.79 bits per heavy atom. The number of hydrogen-bond acceptors (Lipinski definition) is 6. The molecule has 0 fully saturated rings. The third kappa shape index (κ3) is 1.63. The lowest BCUT2D eigenvalue weighted by Gasteiger charge is -2.01. The number of aromatic nitrogens is 3. The van der Waals surface area contributed by atoms with Crippen LogP contribution in [0.15, 0.2) is 23.2 Å². The Kier molecular flexibility index (Phi) is 2.02. The second kappa shape index (κ2) is 3.33. The van der Waals surface area contributed by atoms with Crippen LogP contribution in [-0.2, 0) is 6.42 Å². The van der Waals surface area contributed by atoms with E-state index in [-0.39, 0.29) is 5.95 Å². The summed E-state index contributed by atoms with van der Waals surface area (Å²) >= 11 is 0. The molecule has 2 aromatic heterocycles. The van der Waals surface area contributed by atoms with Crippen molar-refractivity contribution in [3.8, 4) is 0 Å². The van der Waals surface area contributed by atoms with E-state index in [1.165, 1.54) is 6.39 Å². The van der Waals surface area contributed by atoms with Gasteiger partial charge < -0.3 is 15.9 Å². The summed E-state index contributed by atoms with van der Waals surface area (Å²) in [6, 6.07) is 0. The quantitative estimate of drug-likeness (QED) is 0.703. The third-order valence-corrected chi connectivity index (χ3v) is 1.76. The first-order chi connectivity index (χ1) is 6.75. The predicted octanol–water partition coefficient (Wildman–Crippen LogP) is 0.220. The van der Waals surface area contributed by atoms with E-state index in [0.717, 1.165) is 5.56 Å². The zero-order chi connectivity index (χ0) is 9.97. The van der Waals surface area contributed by atoms with Gasteiger partial charge in [0.25, 0.3) is 0 Å². The average molecular weight is 191 g/mol. The Morgan fingerprint density at radius 1 is 1.29 bits per heavy atom. The Labute approximate surface area is 80.0 Å². The Morgan fingerprint density at radius 2 is 2.14 bits per heavy atom. The fraction of sp³-hybridized carbons (Fsp3) is 0.125. The van der Waals surface area contributed by atoms with Gasteiger partial charge in [0.15, 0.2) is 6.39 Å². The van der Waals surface area contributed by atoms with E-state index in [0.29, 0.717) is 18.0 Å². The van der Waals surface area contributed by atoms with Crippen LogP contribution >= 0.6 is 0 Å². The molecule has 0 unspecified atom stereocenters. The molecule has 2 aromatic rings. The fourth-order valence-corrected chi connectivity index (χ4v) is 1.09. The molecular formula is C8H9N5O. The third-order valence-electron chi connectivity index (χ3n) is 1.76. The SMILES string of the molecule is Nc1ncc(Cc2cnco2)c(N)n1. The number of anilines is 2. The van der Waals surface area contributed by atoms with Gasteiger partial charge in [-0.1, -0.05) is 0 Å². The van der Waals surface area contributed by atoms with Crippen LogP contribution in [0.4, 0.5) is 11.8 Å². The molecule has 0 aliphatic rings. The maximum atomic E-state index is 5.64. The first-order valence-electron chi connectivity index (χ1n) is 4.00. The molecule has 0 saturated heterocycles. The van der Waals surface area contributed by atoms with Crippen molar-refractivity contribution < 1.29 is 4.42 Å². The van der Waals surface area contributed by atoms with Crippen molar-refractivity contribution in [2.75, 3.05) is 11.5 Å². The van der Waals surface area contributed by atoms with Crippen LogP contribution in [0.5, 0.6) is 0 Å². The highest BCUT2D eigenvalue weighted by molar-refractivity contribution is 5.42. The molecule has 0 aliphatic carbocycles.